The minimum absolute atomic E-state index is 0.00529. The summed E-state index contributed by atoms with van der Waals surface area (Å²) < 4.78 is 20.2. The van der Waals surface area contributed by atoms with Crippen LogP contribution in [0.4, 0.5) is 0 Å². The van der Waals surface area contributed by atoms with Crippen molar-refractivity contribution in [2.75, 3.05) is 26.3 Å². The van der Waals surface area contributed by atoms with Gasteiger partial charge in [0.05, 0.1) is 31.2 Å². The zero-order chi connectivity index (χ0) is 41.9. The van der Waals surface area contributed by atoms with E-state index in [9.17, 15) is 14.7 Å². The quantitative estimate of drug-likeness (QED) is 0.0733. The molecule has 0 bridgehead atoms. The zero-order valence-electron chi connectivity index (χ0n) is 35.9. The normalized spacial score (nSPS) is 23.1. The summed E-state index contributed by atoms with van der Waals surface area (Å²) in [6, 6.07) is 35.6. The SMILES string of the molecule is CCC/C(=C\c1ccc(CO)o1)CC[C@H]1OC[C@H]2C1=C(CO[Si](c1ccccc1)(c1ccccc1)C(C)(C)C)C[C@H]1C(=O)N(C3CCN(Cc4ccccc4)CC3)C(=O)[C@H]12. The second-order valence-corrected chi connectivity index (χ2v) is 22.7. The molecule has 8 rings (SSSR count). The number of hydrogen-bond acceptors (Lipinski definition) is 7. The van der Waals surface area contributed by atoms with Crippen molar-refractivity contribution in [3.05, 3.63) is 137 Å². The van der Waals surface area contributed by atoms with E-state index < -0.39 is 20.2 Å². The number of allylic oxidation sites excluding steroid dienone is 1. The third-order valence-corrected chi connectivity index (χ3v) is 18.6. The molecule has 1 aliphatic carbocycles. The third-order valence-electron chi connectivity index (χ3n) is 13.6. The lowest BCUT2D eigenvalue weighted by Crippen LogP contribution is -2.66. The number of carbonyl (C=O) groups excluding carboxylic acids is 2. The fourth-order valence-corrected chi connectivity index (χ4v) is 15.3. The number of benzene rings is 3. The Bertz CT molecular complexity index is 2110. The summed E-state index contributed by atoms with van der Waals surface area (Å²) in [6.07, 6.45) is 7.50. The number of rotatable bonds is 15. The van der Waals surface area contributed by atoms with E-state index in [2.05, 4.69) is 124 Å². The highest BCUT2D eigenvalue weighted by atomic mass is 28.4. The first-order chi connectivity index (χ1) is 29.1. The van der Waals surface area contributed by atoms with E-state index in [1.165, 1.54) is 27.1 Å². The summed E-state index contributed by atoms with van der Waals surface area (Å²) in [5, 5.41) is 11.8. The van der Waals surface area contributed by atoms with Crippen LogP contribution in [-0.2, 0) is 31.9 Å². The van der Waals surface area contributed by atoms with Gasteiger partial charge in [0.2, 0.25) is 11.8 Å². The lowest BCUT2D eigenvalue weighted by atomic mass is 9.69. The van der Waals surface area contributed by atoms with Crippen LogP contribution in [0.25, 0.3) is 6.08 Å². The first-order valence-electron chi connectivity index (χ1n) is 22.2. The van der Waals surface area contributed by atoms with Crippen molar-refractivity contribution in [2.45, 2.75) is 103 Å². The van der Waals surface area contributed by atoms with Gasteiger partial charge in [0.15, 0.2) is 0 Å². The van der Waals surface area contributed by atoms with Gasteiger partial charge in [-0.1, -0.05) is 131 Å². The standard InChI is InChI=1S/C51H62N2O6Si/c1-5-15-36(30-40-23-24-41(33-54)59-40)22-25-46-47-38(34-58-60(51(2,3)4,42-18-11-7-12-19-42)43-20-13-8-14-21-43)31-44-48(45(47)35-57-46)50(56)53(49(44)55)39-26-28-52(29-27-39)32-37-16-9-6-10-17-37/h6-14,16-21,23-24,30,39,44-46,48,54H,5,15,22,25-29,31-35H2,1-4H3/b36-30+/t44-,45+,46-,48-/m1/s1. The van der Waals surface area contributed by atoms with Crippen molar-refractivity contribution in [1.82, 2.24) is 9.80 Å². The van der Waals surface area contributed by atoms with E-state index in [1.54, 1.807) is 4.90 Å². The number of furan rings is 1. The number of likely N-dealkylation sites (tertiary alicyclic amines) is 2. The minimum Gasteiger partial charge on any atom is -0.459 e. The number of aliphatic hydroxyl groups is 1. The Hall–Kier alpha value is -4.38. The Morgan fingerprint density at radius 3 is 2.10 bits per heavy atom. The second kappa shape index (κ2) is 18.3. The highest BCUT2D eigenvalue weighted by Crippen LogP contribution is 2.51. The number of aliphatic hydroxyl groups excluding tert-OH is 1. The van der Waals surface area contributed by atoms with E-state index >= 15 is 0 Å². The first kappa shape index (κ1) is 42.3. The summed E-state index contributed by atoms with van der Waals surface area (Å²) >= 11 is 0. The van der Waals surface area contributed by atoms with Crippen LogP contribution in [0.5, 0.6) is 0 Å². The molecule has 4 aliphatic rings. The summed E-state index contributed by atoms with van der Waals surface area (Å²) in [4.78, 5) is 33.6. The number of imide groups is 1. The maximum absolute atomic E-state index is 14.7. The molecule has 3 aromatic carbocycles. The maximum Gasteiger partial charge on any atom is 0.261 e. The van der Waals surface area contributed by atoms with Crippen LogP contribution in [0, 0.1) is 17.8 Å². The summed E-state index contributed by atoms with van der Waals surface area (Å²) in [5.41, 5.74) is 4.87. The van der Waals surface area contributed by atoms with E-state index in [-0.39, 0.29) is 41.5 Å². The molecule has 9 heteroatoms. The number of ether oxygens (including phenoxy) is 1. The smallest absolute Gasteiger partial charge is 0.261 e. The average Bonchev–Trinajstić information content (AvgIpc) is 3.97. The number of fused-ring (bicyclic) bond motifs is 3. The number of carbonyl (C=O) groups is 2. The van der Waals surface area contributed by atoms with Gasteiger partial charge in [-0.05, 0) is 88.9 Å². The summed E-state index contributed by atoms with van der Waals surface area (Å²) in [5.74, 6) is 0.287. The molecule has 4 heterocycles. The van der Waals surface area contributed by atoms with Gasteiger partial charge in [-0.15, -0.1) is 0 Å². The first-order valence-corrected chi connectivity index (χ1v) is 24.1. The van der Waals surface area contributed by atoms with Crippen molar-refractivity contribution in [3.63, 3.8) is 0 Å². The van der Waals surface area contributed by atoms with Gasteiger partial charge in [0, 0.05) is 31.6 Å². The lowest BCUT2D eigenvalue weighted by Gasteiger charge is -2.44. The molecule has 2 amide bonds. The van der Waals surface area contributed by atoms with Gasteiger partial charge in [-0.25, -0.2) is 0 Å². The Morgan fingerprint density at radius 2 is 1.50 bits per heavy atom. The van der Waals surface area contributed by atoms with Gasteiger partial charge in [0.1, 0.15) is 18.1 Å². The van der Waals surface area contributed by atoms with E-state index in [4.69, 9.17) is 13.6 Å². The van der Waals surface area contributed by atoms with Gasteiger partial charge in [-0.3, -0.25) is 19.4 Å². The number of nitrogens with zero attached hydrogens (tertiary/aromatic N) is 2. The maximum atomic E-state index is 14.7. The minimum atomic E-state index is -2.91. The lowest BCUT2D eigenvalue weighted by molar-refractivity contribution is -0.144. The van der Waals surface area contributed by atoms with Crippen LogP contribution >= 0.6 is 0 Å². The van der Waals surface area contributed by atoms with Crippen molar-refractivity contribution in [1.29, 1.82) is 0 Å². The fourth-order valence-electron chi connectivity index (χ4n) is 10.8. The molecular weight excluding hydrogens is 765 g/mol. The molecule has 3 aliphatic heterocycles. The zero-order valence-corrected chi connectivity index (χ0v) is 36.9. The summed E-state index contributed by atoms with van der Waals surface area (Å²) in [7, 11) is -2.91. The third kappa shape index (κ3) is 8.44. The van der Waals surface area contributed by atoms with E-state index in [0.29, 0.717) is 25.4 Å². The highest BCUT2D eigenvalue weighted by molar-refractivity contribution is 6.99. The second-order valence-electron chi connectivity index (χ2n) is 18.4. The highest BCUT2D eigenvalue weighted by Gasteiger charge is 2.59. The number of hydrogen-bond donors (Lipinski definition) is 1. The van der Waals surface area contributed by atoms with Crippen molar-refractivity contribution in [3.8, 4) is 0 Å². The molecule has 1 aromatic heterocycles. The molecule has 0 unspecified atom stereocenters. The Kier molecular flexibility index (Phi) is 12.9. The van der Waals surface area contributed by atoms with Crippen LogP contribution in [0.3, 0.4) is 0 Å². The van der Waals surface area contributed by atoms with Crippen molar-refractivity contribution in [2.24, 2.45) is 17.8 Å². The topological polar surface area (TPSA) is 92.4 Å². The molecule has 0 spiro atoms. The van der Waals surface area contributed by atoms with Crippen LogP contribution in [0.2, 0.25) is 5.04 Å². The average molecular weight is 827 g/mol. The van der Waals surface area contributed by atoms with Crippen LogP contribution in [0.1, 0.15) is 89.7 Å². The molecular formula is C51H62N2O6Si. The Labute approximate surface area is 357 Å². The molecule has 4 atom stereocenters. The number of piperidine rings is 1. The van der Waals surface area contributed by atoms with Crippen LogP contribution in [0.15, 0.2) is 124 Å². The molecule has 1 N–H and O–H groups in total. The van der Waals surface area contributed by atoms with Crippen LogP contribution < -0.4 is 10.4 Å². The predicted octanol–water partition coefficient (Wildman–Crippen LogP) is 8.29. The fraction of sp³-hybridized carbons (Fsp3) is 0.451. The van der Waals surface area contributed by atoms with Gasteiger partial charge in [-0.2, -0.15) is 0 Å². The van der Waals surface area contributed by atoms with E-state index in [0.717, 1.165) is 69.5 Å². The Balaban J connectivity index is 1.10. The van der Waals surface area contributed by atoms with Crippen LogP contribution in [-0.4, -0.2) is 73.5 Å². The molecule has 316 valence electrons. The molecule has 0 radical (unpaired) electrons. The molecule has 60 heavy (non-hydrogen) atoms. The number of amides is 2. The predicted molar refractivity (Wildman–Crippen MR) is 239 cm³/mol. The van der Waals surface area contributed by atoms with Gasteiger partial charge >= 0.3 is 0 Å². The van der Waals surface area contributed by atoms with Crippen molar-refractivity contribution >= 4 is 36.6 Å². The molecule has 8 nitrogen and oxygen atoms in total. The molecule has 3 fully saturated rings. The van der Waals surface area contributed by atoms with Crippen molar-refractivity contribution < 1.29 is 28.3 Å². The monoisotopic (exact) mass is 826 g/mol. The van der Waals surface area contributed by atoms with Gasteiger partial charge < -0.3 is 18.7 Å². The molecule has 3 saturated heterocycles. The van der Waals surface area contributed by atoms with Gasteiger partial charge in [0.25, 0.3) is 8.32 Å². The largest absolute Gasteiger partial charge is 0.459 e. The molecule has 4 aromatic rings. The summed E-state index contributed by atoms with van der Waals surface area (Å²) in [6.45, 7) is 12.3. The Morgan fingerprint density at radius 1 is 0.850 bits per heavy atom. The van der Waals surface area contributed by atoms with E-state index in [1.807, 2.05) is 18.2 Å². The molecule has 0 saturated carbocycles.